The molecule has 0 amide bonds. The minimum absolute atomic E-state index is 0.267. The third-order valence-corrected chi connectivity index (χ3v) is 8.83. The van der Waals surface area contributed by atoms with Crippen molar-refractivity contribution in [2.45, 2.75) is 76.9 Å². The molecule has 0 aromatic heterocycles. The zero-order valence-corrected chi connectivity index (χ0v) is 15.0. The van der Waals surface area contributed by atoms with Gasteiger partial charge in [-0.15, -0.1) is 11.7 Å². The summed E-state index contributed by atoms with van der Waals surface area (Å²) in [6.45, 7) is 6.91. The van der Waals surface area contributed by atoms with E-state index in [0.29, 0.717) is 0 Å². The quantitative estimate of drug-likeness (QED) is 0.290. The molecule has 0 aromatic carbocycles. The summed E-state index contributed by atoms with van der Waals surface area (Å²) in [6, 6.07) is 0. The van der Waals surface area contributed by atoms with Crippen LogP contribution in [-0.2, 0) is 0 Å². The lowest BCUT2D eigenvalue weighted by atomic mass is 10.0. The summed E-state index contributed by atoms with van der Waals surface area (Å²) in [6.07, 6.45) is 10.9. The molecule has 0 atom stereocenters. The highest BCUT2D eigenvalue weighted by molar-refractivity contribution is 9.30. The van der Waals surface area contributed by atoms with Gasteiger partial charge in [-0.05, 0) is 20.3 Å². The summed E-state index contributed by atoms with van der Waals surface area (Å²) in [5, 5.41) is 7.89. The van der Waals surface area contributed by atoms with Crippen LogP contribution in [0.3, 0.4) is 0 Å². The van der Waals surface area contributed by atoms with Crippen LogP contribution in [0.1, 0.15) is 72.1 Å². The molecule has 0 saturated carbocycles. The lowest BCUT2D eigenvalue weighted by Gasteiger charge is -2.32. The smallest absolute Gasteiger partial charge is 0.0881 e. The van der Waals surface area contributed by atoms with Crippen molar-refractivity contribution < 1.29 is 0 Å². The van der Waals surface area contributed by atoms with Crippen molar-refractivity contribution in [2.24, 2.45) is 10.2 Å². The number of rotatable bonds is 10. The summed E-state index contributed by atoms with van der Waals surface area (Å²) >= 11 is 4.72. The van der Waals surface area contributed by atoms with Gasteiger partial charge in [-0.1, -0.05) is 70.8 Å². The summed E-state index contributed by atoms with van der Waals surface area (Å²) < 4.78 is 0.267. The van der Waals surface area contributed by atoms with E-state index in [1.165, 1.54) is 51.4 Å². The van der Waals surface area contributed by atoms with E-state index in [2.05, 4.69) is 31.0 Å². The predicted molar refractivity (Wildman–Crippen MR) is 97.8 cm³/mol. The zero-order chi connectivity index (χ0) is 14.2. The van der Waals surface area contributed by atoms with Gasteiger partial charge in [-0.3, -0.25) is 0 Å². The molecule has 0 fully saturated rings. The fraction of sp³-hybridized carbons (Fsp3) is 0.857. The van der Waals surface area contributed by atoms with Gasteiger partial charge < -0.3 is 0 Å². The Balaban J connectivity index is 2.13. The normalized spacial score (nSPS) is 18.9. The maximum absolute atomic E-state index is 4.72. The van der Waals surface area contributed by atoms with E-state index in [4.69, 9.17) is 11.7 Å². The van der Waals surface area contributed by atoms with Crippen molar-refractivity contribution >= 4 is 41.6 Å². The Morgan fingerprint density at radius 2 is 1.53 bits per heavy atom. The molecule has 0 spiro atoms. The highest BCUT2D eigenvalue weighted by Gasteiger charge is 2.29. The van der Waals surface area contributed by atoms with Gasteiger partial charge in [0.25, 0.3) is 0 Å². The zero-order valence-electron chi connectivity index (χ0n) is 12.5. The third-order valence-electron chi connectivity index (χ3n) is 3.20. The minimum Gasteiger partial charge on any atom is -0.151 e. The number of unbranched alkanes of at least 4 members (excludes halogenated alkanes) is 6. The first-order chi connectivity index (χ1) is 8.97. The molecule has 0 saturated heterocycles. The second kappa shape index (κ2) is 8.63. The summed E-state index contributed by atoms with van der Waals surface area (Å²) in [5.41, 5.74) is 3.82. The molecule has 0 radical (unpaired) electrons. The number of hydrogen-bond donors (Lipinski definition) is 1. The van der Waals surface area contributed by atoms with Crippen LogP contribution >= 0.6 is 30.5 Å². The largest absolute Gasteiger partial charge is 0.151 e. The monoisotopic (exact) mass is 320 g/mol. The first kappa shape index (κ1) is 17.4. The molecule has 0 N–H and O–H groups in total. The van der Waals surface area contributed by atoms with E-state index < -0.39 is 8.09 Å². The lowest BCUT2D eigenvalue weighted by molar-refractivity contribution is 0.538. The minimum atomic E-state index is -1.19. The summed E-state index contributed by atoms with van der Waals surface area (Å²) in [7, 11) is 0.744. The fourth-order valence-corrected chi connectivity index (χ4v) is 8.62. The standard InChI is InChI=1S/C14H28N2S3/c1-4-5-6-7-8-9-10-11-14(2,3)18-19(17)12-15-16-13-19/h12-13,17H,4-11H2,1-3H3. The highest BCUT2D eigenvalue weighted by Crippen LogP contribution is 2.66. The van der Waals surface area contributed by atoms with Crippen LogP contribution in [-0.4, -0.2) is 15.8 Å². The molecule has 0 unspecified atom stereocenters. The summed E-state index contributed by atoms with van der Waals surface area (Å²) in [4.78, 5) is 0. The van der Waals surface area contributed by atoms with Gasteiger partial charge in [-0.25, -0.2) is 0 Å². The molecule has 0 aliphatic carbocycles. The van der Waals surface area contributed by atoms with E-state index in [-0.39, 0.29) is 4.75 Å². The van der Waals surface area contributed by atoms with Crippen LogP contribution in [0.5, 0.6) is 0 Å². The number of nitrogens with zero attached hydrogens (tertiary/aromatic N) is 2. The van der Waals surface area contributed by atoms with Crippen molar-refractivity contribution in [3.8, 4) is 0 Å². The maximum Gasteiger partial charge on any atom is 0.0881 e. The average Bonchev–Trinajstić information content (AvgIpc) is 2.73. The van der Waals surface area contributed by atoms with Crippen LogP contribution in [0.4, 0.5) is 0 Å². The van der Waals surface area contributed by atoms with Gasteiger partial charge in [0, 0.05) is 4.75 Å². The third kappa shape index (κ3) is 7.66. The Labute approximate surface area is 128 Å². The first-order valence-electron chi connectivity index (χ1n) is 7.30. The van der Waals surface area contributed by atoms with E-state index in [0.717, 1.165) is 0 Å². The molecular formula is C14H28N2S3. The molecule has 1 rings (SSSR count). The lowest BCUT2D eigenvalue weighted by Crippen LogP contribution is -2.15. The highest BCUT2D eigenvalue weighted by atomic mass is 33.5. The Hall–Kier alpha value is 0.390. The topological polar surface area (TPSA) is 24.7 Å². The Bertz CT molecular complexity index is 302. The second-order valence-corrected chi connectivity index (χ2v) is 13.4. The first-order valence-corrected chi connectivity index (χ1v) is 11.4. The number of hydrogen-bond acceptors (Lipinski definition) is 4. The average molecular weight is 321 g/mol. The summed E-state index contributed by atoms with van der Waals surface area (Å²) in [5.74, 6) is 0. The van der Waals surface area contributed by atoms with Gasteiger partial charge in [0.05, 0.1) is 11.1 Å². The fourth-order valence-electron chi connectivity index (χ4n) is 2.17. The van der Waals surface area contributed by atoms with Gasteiger partial charge in [0.1, 0.15) is 0 Å². The molecule has 5 heteroatoms. The van der Waals surface area contributed by atoms with Crippen molar-refractivity contribution in [3.63, 3.8) is 0 Å². The van der Waals surface area contributed by atoms with Crippen molar-refractivity contribution in [3.05, 3.63) is 0 Å². The van der Waals surface area contributed by atoms with Crippen LogP contribution in [0, 0.1) is 0 Å². The molecule has 1 aliphatic rings. The maximum atomic E-state index is 4.72. The molecular weight excluding hydrogens is 292 g/mol. The Morgan fingerprint density at radius 3 is 2.11 bits per heavy atom. The van der Waals surface area contributed by atoms with Gasteiger partial charge in [0.2, 0.25) is 0 Å². The Kier molecular flexibility index (Phi) is 7.92. The van der Waals surface area contributed by atoms with E-state index >= 15 is 0 Å². The van der Waals surface area contributed by atoms with Crippen LogP contribution in [0.15, 0.2) is 10.2 Å². The van der Waals surface area contributed by atoms with Crippen molar-refractivity contribution in [1.29, 1.82) is 0 Å². The van der Waals surface area contributed by atoms with E-state index in [1.54, 1.807) is 0 Å². The SMILES string of the molecule is CCCCCCCCCC(C)(C)SS1(S)C=NN=C1. The molecule has 19 heavy (non-hydrogen) atoms. The van der Waals surface area contributed by atoms with E-state index in [1.807, 2.05) is 21.9 Å². The van der Waals surface area contributed by atoms with Crippen LogP contribution in [0.2, 0.25) is 0 Å². The van der Waals surface area contributed by atoms with Gasteiger partial charge in [0.15, 0.2) is 0 Å². The van der Waals surface area contributed by atoms with Crippen LogP contribution < -0.4 is 0 Å². The molecule has 2 nitrogen and oxygen atoms in total. The molecule has 0 bridgehead atoms. The van der Waals surface area contributed by atoms with Gasteiger partial charge in [-0.2, -0.15) is 10.2 Å². The number of thiol groups is 1. The predicted octanol–water partition coefficient (Wildman–Crippen LogP) is 6.19. The second-order valence-electron chi connectivity index (χ2n) is 5.77. The van der Waals surface area contributed by atoms with E-state index in [9.17, 15) is 0 Å². The van der Waals surface area contributed by atoms with Crippen molar-refractivity contribution in [1.82, 2.24) is 0 Å². The molecule has 1 aliphatic heterocycles. The van der Waals surface area contributed by atoms with Crippen molar-refractivity contribution in [2.75, 3.05) is 0 Å². The van der Waals surface area contributed by atoms with Gasteiger partial charge >= 0.3 is 0 Å². The van der Waals surface area contributed by atoms with Crippen LogP contribution in [0.25, 0.3) is 0 Å². The molecule has 112 valence electrons. The molecule has 0 aromatic rings. The molecule has 1 heterocycles. The Morgan fingerprint density at radius 1 is 1.00 bits per heavy atom.